The Balaban J connectivity index is 1.72. The number of aryl methyl sites for hydroxylation is 1. The molecule has 29 heavy (non-hydrogen) atoms. The second-order valence-corrected chi connectivity index (χ2v) is 7.75. The highest BCUT2D eigenvalue weighted by Gasteiger charge is 2.44. The van der Waals surface area contributed by atoms with Gasteiger partial charge < -0.3 is 19.5 Å². The molecule has 2 aromatic heterocycles. The number of ether oxygens (including phenoxy) is 1. The van der Waals surface area contributed by atoms with Crippen LogP contribution in [0.1, 0.15) is 38.9 Å². The van der Waals surface area contributed by atoms with Crippen molar-refractivity contribution >= 4 is 22.5 Å². The van der Waals surface area contributed by atoms with Crippen LogP contribution in [-0.2, 0) is 10.3 Å². The molecule has 0 spiro atoms. The molecule has 1 aromatic carbocycles. The third-order valence-corrected chi connectivity index (χ3v) is 5.04. The molecule has 3 heterocycles. The highest BCUT2D eigenvalue weighted by Crippen LogP contribution is 2.37. The van der Waals surface area contributed by atoms with Crippen LogP contribution in [0, 0.1) is 6.92 Å². The first-order valence-electron chi connectivity index (χ1n) is 9.76. The number of amides is 1. The molecule has 1 N–H and O–H groups in total. The van der Waals surface area contributed by atoms with Gasteiger partial charge >= 0.3 is 0 Å². The zero-order valence-corrected chi connectivity index (χ0v) is 17.1. The van der Waals surface area contributed by atoms with Gasteiger partial charge in [0.05, 0.1) is 11.6 Å². The van der Waals surface area contributed by atoms with E-state index < -0.39 is 5.54 Å². The van der Waals surface area contributed by atoms with E-state index in [9.17, 15) is 4.79 Å². The first kappa shape index (κ1) is 19.2. The van der Waals surface area contributed by atoms with Gasteiger partial charge in [0.2, 0.25) is 11.8 Å². The molecule has 152 valence electrons. The van der Waals surface area contributed by atoms with E-state index in [1.807, 2.05) is 38.1 Å². The lowest BCUT2D eigenvalue weighted by Gasteiger charge is -2.28. The van der Waals surface area contributed by atoms with Crippen molar-refractivity contribution < 1.29 is 14.1 Å². The van der Waals surface area contributed by atoms with Crippen molar-refractivity contribution in [2.75, 3.05) is 18.0 Å². The molecule has 8 nitrogen and oxygen atoms in total. The summed E-state index contributed by atoms with van der Waals surface area (Å²) in [5, 5.41) is 8.17. The number of hydrogen-bond acceptors (Lipinski definition) is 7. The van der Waals surface area contributed by atoms with Gasteiger partial charge in [-0.3, -0.25) is 9.78 Å². The molecule has 4 rings (SSSR count). The third kappa shape index (κ3) is 3.74. The number of aromatic nitrogens is 3. The molecule has 0 bridgehead atoms. The number of rotatable bonds is 5. The first-order valence-corrected chi connectivity index (χ1v) is 9.76. The SMILES string of the molecule is CC(=O)NC1(c2noc(C)n2)CCN(c2ccnc3ccc(OC(C)C)cc23)C1. The summed E-state index contributed by atoms with van der Waals surface area (Å²) in [5.41, 5.74) is 1.24. The molecule has 1 amide bonds. The predicted octanol–water partition coefficient (Wildman–Crippen LogP) is 2.96. The maximum Gasteiger partial charge on any atom is 0.223 e. The molecule has 1 aliphatic heterocycles. The molecule has 1 saturated heterocycles. The average Bonchev–Trinajstić information content (AvgIpc) is 3.28. The summed E-state index contributed by atoms with van der Waals surface area (Å²) in [4.78, 5) is 23.1. The summed E-state index contributed by atoms with van der Waals surface area (Å²) in [6.07, 6.45) is 2.57. The Labute approximate surface area is 169 Å². The topological polar surface area (TPSA) is 93.4 Å². The lowest BCUT2D eigenvalue weighted by Crippen LogP contribution is -2.48. The Hall–Kier alpha value is -3.16. The second-order valence-electron chi connectivity index (χ2n) is 7.75. The quantitative estimate of drug-likeness (QED) is 0.710. The van der Waals surface area contributed by atoms with Crippen LogP contribution in [0.15, 0.2) is 35.0 Å². The monoisotopic (exact) mass is 395 g/mol. The van der Waals surface area contributed by atoms with Gasteiger partial charge in [-0.25, -0.2) is 0 Å². The van der Waals surface area contributed by atoms with Gasteiger partial charge in [-0.2, -0.15) is 4.98 Å². The zero-order valence-electron chi connectivity index (χ0n) is 17.1. The Morgan fingerprint density at radius 3 is 2.86 bits per heavy atom. The normalized spacial score (nSPS) is 19.1. The number of carbonyl (C=O) groups excluding carboxylic acids is 1. The Bertz CT molecular complexity index is 1050. The van der Waals surface area contributed by atoms with Crippen molar-refractivity contribution in [2.24, 2.45) is 0 Å². The first-order chi connectivity index (χ1) is 13.9. The van der Waals surface area contributed by atoms with E-state index in [0.29, 0.717) is 24.7 Å². The maximum atomic E-state index is 11.9. The van der Waals surface area contributed by atoms with Crippen LogP contribution in [0.2, 0.25) is 0 Å². The number of anilines is 1. The lowest BCUT2D eigenvalue weighted by atomic mass is 9.97. The van der Waals surface area contributed by atoms with Gasteiger partial charge in [-0.05, 0) is 44.5 Å². The summed E-state index contributed by atoms with van der Waals surface area (Å²) in [6, 6.07) is 7.92. The van der Waals surface area contributed by atoms with Crippen molar-refractivity contribution in [2.45, 2.75) is 45.8 Å². The Morgan fingerprint density at radius 2 is 2.17 bits per heavy atom. The van der Waals surface area contributed by atoms with E-state index in [-0.39, 0.29) is 12.0 Å². The van der Waals surface area contributed by atoms with E-state index in [2.05, 4.69) is 25.3 Å². The minimum atomic E-state index is -0.689. The van der Waals surface area contributed by atoms with Crippen LogP contribution in [0.5, 0.6) is 5.75 Å². The minimum Gasteiger partial charge on any atom is -0.491 e. The summed E-state index contributed by atoms with van der Waals surface area (Å²) in [6.45, 7) is 8.54. The van der Waals surface area contributed by atoms with Crippen molar-refractivity contribution in [1.82, 2.24) is 20.4 Å². The molecule has 3 aromatic rings. The molecular weight excluding hydrogens is 370 g/mol. The van der Waals surface area contributed by atoms with Crippen LogP contribution < -0.4 is 15.0 Å². The zero-order chi connectivity index (χ0) is 20.6. The fourth-order valence-electron chi connectivity index (χ4n) is 3.92. The van der Waals surface area contributed by atoms with Crippen LogP contribution >= 0.6 is 0 Å². The molecule has 1 atom stereocenters. The Kier molecular flexibility index (Phi) is 4.86. The smallest absolute Gasteiger partial charge is 0.223 e. The molecule has 0 radical (unpaired) electrons. The summed E-state index contributed by atoms with van der Waals surface area (Å²) in [7, 11) is 0. The lowest BCUT2D eigenvalue weighted by molar-refractivity contribution is -0.120. The standard InChI is InChI=1S/C21H25N5O3/c1-13(2)28-16-5-6-18-17(11-16)19(7-9-22-18)26-10-8-21(12-26,24-14(3)27)20-23-15(4)29-25-20/h5-7,9,11,13H,8,10,12H2,1-4H3,(H,24,27). The van der Waals surface area contributed by atoms with Gasteiger partial charge in [0.25, 0.3) is 0 Å². The van der Waals surface area contributed by atoms with Crippen LogP contribution in [0.4, 0.5) is 5.69 Å². The fourth-order valence-corrected chi connectivity index (χ4v) is 3.92. The number of pyridine rings is 1. The number of nitrogens with one attached hydrogen (secondary N) is 1. The number of fused-ring (bicyclic) bond motifs is 1. The predicted molar refractivity (Wildman–Crippen MR) is 109 cm³/mol. The summed E-state index contributed by atoms with van der Waals surface area (Å²) in [5.74, 6) is 1.67. The van der Waals surface area contributed by atoms with E-state index >= 15 is 0 Å². The number of carbonyl (C=O) groups is 1. The molecule has 8 heteroatoms. The van der Waals surface area contributed by atoms with Crippen molar-refractivity contribution in [3.05, 3.63) is 42.2 Å². The highest BCUT2D eigenvalue weighted by atomic mass is 16.5. The van der Waals surface area contributed by atoms with E-state index in [1.54, 1.807) is 13.1 Å². The molecule has 0 saturated carbocycles. The van der Waals surface area contributed by atoms with Gasteiger partial charge in [-0.15, -0.1) is 0 Å². The van der Waals surface area contributed by atoms with Crippen LogP contribution in [0.3, 0.4) is 0 Å². The van der Waals surface area contributed by atoms with Crippen molar-refractivity contribution in [3.8, 4) is 5.75 Å². The third-order valence-electron chi connectivity index (χ3n) is 5.04. The van der Waals surface area contributed by atoms with Crippen molar-refractivity contribution in [1.29, 1.82) is 0 Å². The van der Waals surface area contributed by atoms with Gasteiger partial charge in [0, 0.05) is 44.2 Å². The molecule has 1 unspecified atom stereocenters. The minimum absolute atomic E-state index is 0.0910. The maximum absolute atomic E-state index is 11.9. The van der Waals surface area contributed by atoms with Gasteiger partial charge in [0.1, 0.15) is 11.3 Å². The van der Waals surface area contributed by atoms with Crippen LogP contribution in [0.25, 0.3) is 10.9 Å². The van der Waals surface area contributed by atoms with E-state index in [4.69, 9.17) is 9.26 Å². The highest BCUT2D eigenvalue weighted by molar-refractivity contribution is 5.92. The number of hydrogen-bond donors (Lipinski definition) is 1. The van der Waals surface area contributed by atoms with Crippen LogP contribution in [-0.4, -0.2) is 40.2 Å². The van der Waals surface area contributed by atoms with E-state index in [0.717, 1.165) is 28.9 Å². The largest absolute Gasteiger partial charge is 0.491 e. The number of benzene rings is 1. The van der Waals surface area contributed by atoms with E-state index in [1.165, 1.54) is 6.92 Å². The van der Waals surface area contributed by atoms with Gasteiger partial charge in [0.15, 0.2) is 5.82 Å². The van der Waals surface area contributed by atoms with Crippen molar-refractivity contribution in [3.63, 3.8) is 0 Å². The second kappa shape index (κ2) is 7.35. The number of nitrogens with zero attached hydrogens (tertiary/aromatic N) is 4. The summed E-state index contributed by atoms with van der Waals surface area (Å²) < 4.78 is 11.1. The van der Waals surface area contributed by atoms with Gasteiger partial charge in [-0.1, -0.05) is 5.16 Å². The molecule has 1 aliphatic rings. The average molecular weight is 395 g/mol. The summed E-state index contributed by atoms with van der Waals surface area (Å²) >= 11 is 0. The fraction of sp³-hybridized carbons (Fsp3) is 0.429. The molecular formula is C21H25N5O3. The Morgan fingerprint density at radius 1 is 1.34 bits per heavy atom. The molecule has 1 fully saturated rings. The molecule has 0 aliphatic carbocycles.